The molecule has 100 valence electrons. The molecular weight excluding hydrogens is 216 g/mol. The van der Waals surface area contributed by atoms with Crippen LogP contribution in [-0.4, -0.2) is 50.2 Å². The molecule has 0 aliphatic carbocycles. The van der Waals surface area contributed by atoms with Crippen molar-refractivity contribution in [2.24, 2.45) is 5.92 Å². The number of nitrogens with zero attached hydrogens (tertiary/aromatic N) is 1. The molecule has 4 nitrogen and oxygen atoms in total. The van der Waals surface area contributed by atoms with Gasteiger partial charge in [-0.15, -0.1) is 0 Å². The molecule has 1 saturated heterocycles. The van der Waals surface area contributed by atoms with Crippen LogP contribution in [0.5, 0.6) is 0 Å². The quantitative estimate of drug-likeness (QED) is 0.762. The SMILES string of the molecule is CCNC1CCN(C(=O)CC(C)COC)CC1. The summed E-state index contributed by atoms with van der Waals surface area (Å²) in [5, 5.41) is 3.45. The van der Waals surface area contributed by atoms with Crippen molar-refractivity contribution in [2.45, 2.75) is 39.2 Å². The van der Waals surface area contributed by atoms with Crippen molar-refractivity contribution in [3.05, 3.63) is 0 Å². The molecule has 4 heteroatoms. The number of amides is 1. The van der Waals surface area contributed by atoms with Crippen molar-refractivity contribution >= 4 is 5.91 Å². The van der Waals surface area contributed by atoms with Gasteiger partial charge < -0.3 is 15.0 Å². The first kappa shape index (κ1) is 14.5. The Kier molecular flexibility index (Phi) is 6.52. The number of hydrogen-bond donors (Lipinski definition) is 1. The summed E-state index contributed by atoms with van der Waals surface area (Å²) < 4.78 is 5.06. The lowest BCUT2D eigenvalue weighted by atomic mass is 10.0. The summed E-state index contributed by atoms with van der Waals surface area (Å²) in [6.45, 7) is 7.67. The molecule has 1 rings (SSSR count). The zero-order valence-corrected chi connectivity index (χ0v) is 11.4. The minimum absolute atomic E-state index is 0.282. The van der Waals surface area contributed by atoms with Gasteiger partial charge >= 0.3 is 0 Å². The molecule has 0 aromatic heterocycles. The molecule has 0 aromatic rings. The summed E-state index contributed by atoms with van der Waals surface area (Å²) in [6, 6.07) is 0.598. The molecule has 0 bridgehead atoms. The summed E-state index contributed by atoms with van der Waals surface area (Å²) in [6.07, 6.45) is 2.77. The van der Waals surface area contributed by atoms with E-state index in [-0.39, 0.29) is 5.91 Å². The molecule has 0 aromatic carbocycles. The summed E-state index contributed by atoms with van der Waals surface area (Å²) in [7, 11) is 1.68. The first-order valence-corrected chi connectivity index (χ1v) is 6.67. The highest BCUT2D eigenvalue weighted by Gasteiger charge is 2.22. The first-order chi connectivity index (χ1) is 8.17. The number of carbonyl (C=O) groups is 1. The zero-order chi connectivity index (χ0) is 12.7. The van der Waals surface area contributed by atoms with Crippen LogP contribution in [0.4, 0.5) is 0 Å². The van der Waals surface area contributed by atoms with Crippen LogP contribution in [0.2, 0.25) is 0 Å². The third kappa shape index (κ3) is 5.04. The molecule has 1 aliphatic rings. The van der Waals surface area contributed by atoms with Crippen LogP contribution in [0.25, 0.3) is 0 Å². The molecular formula is C13H26N2O2. The normalized spacial score (nSPS) is 19.4. The molecule has 1 unspecified atom stereocenters. The lowest BCUT2D eigenvalue weighted by Gasteiger charge is -2.33. The van der Waals surface area contributed by atoms with Crippen LogP contribution >= 0.6 is 0 Å². The second-order valence-corrected chi connectivity index (χ2v) is 4.98. The largest absolute Gasteiger partial charge is 0.384 e. The van der Waals surface area contributed by atoms with Crippen LogP contribution in [0.15, 0.2) is 0 Å². The van der Waals surface area contributed by atoms with Crippen molar-refractivity contribution in [1.29, 1.82) is 0 Å². The number of ether oxygens (including phenoxy) is 1. The first-order valence-electron chi connectivity index (χ1n) is 6.67. The highest BCUT2D eigenvalue weighted by atomic mass is 16.5. The summed E-state index contributed by atoms with van der Waals surface area (Å²) in [5.41, 5.74) is 0. The van der Waals surface area contributed by atoms with E-state index in [0.29, 0.717) is 25.0 Å². The van der Waals surface area contributed by atoms with Crippen molar-refractivity contribution in [3.63, 3.8) is 0 Å². The Hall–Kier alpha value is -0.610. The van der Waals surface area contributed by atoms with Crippen LogP contribution in [0.3, 0.4) is 0 Å². The Morgan fingerprint density at radius 1 is 1.47 bits per heavy atom. The predicted molar refractivity (Wildman–Crippen MR) is 68.9 cm³/mol. The topological polar surface area (TPSA) is 41.6 Å². The number of methoxy groups -OCH3 is 1. The number of hydrogen-bond acceptors (Lipinski definition) is 3. The molecule has 17 heavy (non-hydrogen) atoms. The molecule has 0 spiro atoms. The average Bonchev–Trinajstić information content (AvgIpc) is 2.30. The van der Waals surface area contributed by atoms with Gasteiger partial charge in [0.15, 0.2) is 0 Å². The van der Waals surface area contributed by atoms with E-state index in [1.54, 1.807) is 7.11 Å². The highest BCUT2D eigenvalue weighted by molar-refractivity contribution is 5.76. The molecule has 1 N–H and O–H groups in total. The van der Waals surface area contributed by atoms with E-state index in [1.807, 2.05) is 4.90 Å². The standard InChI is InChI=1S/C13H26N2O2/c1-4-14-12-5-7-15(8-6-12)13(16)9-11(2)10-17-3/h11-12,14H,4-10H2,1-3H3. The molecule has 1 aliphatic heterocycles. The van der Waals surface area contributed by atoms with Gasteiger partial charge in [0.05, 0.1) is 0 Å². The molecule has 1 fully saturated rings. The average molecular weight is 242 g/mol. The fourth-order valence-corrected chi connectivity index (χ4v) is 2.39. The maximum Gasteiger partial charge on any atom is 0.222 e. The van der Waals surface area contributed by atoms with Gasteiger partial charge in [0.25, 0.3) is 0 Å². The number of piperidine rings is 1. The van der Waals surface area contributed by atoms with Crippen molar-refractivity contribution in [2.75, 3.05) is 33.4 Å². The predicted octanol–water partition coefficient (Wildman–Crippen LogP) is 1.26. The summed E-state index contributed by atoms with van der Waals surface area (Å²) >= 11 is 0. The van der Waals surface area contributed by atoms with Gasteiger partial charge in [0, 0.05) is 39.3 Å². The van der Waals surface area contributed by atoms with E-state index in [1.165, 1.54) is 0 Å². The van der Waals surface area contributed by atoms with E-state index >= 15 is 0 Å². The lowest BCUT2D eigenvalue weighted by Crippen LogP contribution is -2.45. The van der Waals surface area contributed by atoms with E-state index in [2.05, 4.69) is 19.2 Å². The fourth-order valence-electron chi connectivity index (χ4n) is 2.39. The lowest BCUT2D eigenvalue weighted by molar-refractivity contribution is -0.133. The Labute approximate surface area is 105 Å². The van der Waals surface area contributed by atoms with Crippen molar-refractivity contribution in [3.8, 4) is 0 Å². The number of carbonyl (C=O) groups excluding carboxylic acids is 1. The molecule has 0 radical (unpaired) electrons. The van der Waals surface area contributed by atoms with Gasteiger partial charge in [-0.3, -0.25) is 4.79 Å². The molecule has 0 saturated carbocycles. The fraction of sp³-hybridized carbons (Fsp3) is 0.923. The number of rotatable bonds is 6. The van der Waals surface area contributed by atoms with Gasteiger partial charge in [-0.05, 0) is 25.3 Å². The van der Waals surface area contributed by atoms with E-state index in [9.17, 15) is 4.79 Å². The third-order valence-electron chi connectivity index (χ3n) is 3.31. The van der Waals surface area contributed by atoms with E-state index in [4.69, 9.17) is 4.74 Å². The minimum atomic E-state index is 0.282. The highest BCUT2D eigenvalue weighted by Crippen LogP contribution is 2.13. The van der Waals surface area contributed by atoms with Crippen LogP contribution in [0.1, 0.15) is 33.1 Å². The van der Waals surface area contributed by atoms with Gasteiger partial charge in [-0.1, -0.05) is 13.8 Å². The Morgan fingerprint density at radius 3 is 2.65 bits per heavy atom. The molecule has 1 heterocycles. The second-order valence-electron chi connectivity index (χ2n) is 4.98. The number of likely N-dealkylation sites (tertiary alicyclic amines) is 1. The smallest absolute Gasteiger partial charge is 0.222 e. The van der Waals surface area contributed by atoms with E-state index in [0.717, 1.165) is 32.5 Å². The Bertz CT molecular complexity index is 225. The van der Waals surface area contributed by atoms with Gasteiger partial charge in [-0.25, -0.2) is 0 Å². The van der Waals surface area contributed by atoms with E-state index < -0.39 is 0 Å². The monoisotopic (exact) mass is 242 g/mol. The Morgan fingerprint density at radius 2 is 2.12 bits per heavy atom. The second kappa shape index (κ2) is 7.67. The zero-order valence-electron chi connectivity index (χ0n) is 11.4. The van der Waals surface area contributed by atoms with Crippen LogP contribution in [-0.2, 0) is 9.53 Å². The van der Waals surface area contributed by atoms with Crippen molar-refractivity contribution < 1.29 is 9.53 Å². The third-order valence-corrected chi connectivity index (χ3v) is 3.31. The van der Waals surface area contributed by atoms with Crippen LogP contribution < -0.4 is 5.32 Å². The maximum absolute atomic E-state index is 12.0. The summed E-state index contributed by atoms with van der Waals surface area (Å²) in [5.74, 6) is 0.600. The molecule has 1 atom stereocenters. The maximum atomic E-state index is 12.0. The minimum Gasteiger partial charge on any atom is -0.384 e. The number of nitrogens with one attached hydrogen (secondary N) is 1. The summed E-state index contributed by atoms with van der Waals surface area (Å²) in [4.78, 5) is 14.0. The van der Waals surface area contributed by atoms with Gasteiger partial charge in [0.1, 0.15) is 0 Å². The Balaban J connectivity index is 2.25. The van der Waals surface area contributed by atoms with Gasteiger partial charge in [-0.2, -0.15) is 0 Å². The van der Waals surface area contributed by atoms with Crippen molar-refractivity contribution in [1.82, 2.24) is 10.2 Å². The molecule has 1 amide bonds. The van der Waals surface area contributed by atoms with Gasteiger partial charge in [0.2, 0.25) is 5.91 Å². The van der Waals surface area contributed by atoms with Crippen LogP contribution in [0, 0.1) is 5.92 Å².